The molecular formula is C10H19BrO. The molecule has 0 aromatic rings. The Labute approximate surface area is 84.0 Å². The van der Waals surface area contributed by atoms with Crippen LogP contribution < -0.4 is 0 Å². The van der Waals surface area contributed by atoms with Gasteiger partial charge in [-0.25, -0.2) is 0 Å². The van der Waals surface area contributed by atoms with Crippen LogP contribution >= 0.6 is 15.9 Å². The first-order valence-electron chi connectivity index (χ1n) is 4.79. The zero-order valence-corrected chi connectivity index (χ0v) is 9.86. The molecule has 1 nitrogen and oxygen atoms in total. The number of rotatable bonds is 3. The second-order valence-corrected chi connectivity index (χ2v) is 5.05. The molecule has 1 rings (SSSR count). The van der Waals surface area contributed by atoms with Crippen molar-refractivity contribution in [2.75, 3.05) is 5.33 Å². The van der Waals surface area contributed by atoms with Crippen LogP contribution in [0.1, 0.15) is 40.0 Å². The van der Waals surface area contributed by atoms with E-state index in [1.165, 1.54) is 19.3 Å². The maximum absolute atomic E-state index is 5.96. The van der Waals surface area contributed by atoms with Crippen molar-refractivity contribution in [1.82, 2.24) is 0 Å². The van der Waals surface area contributed by atoms with Crippen LogP contribution in [0.4, 0.5) is 0 Å². The molecular weight excluding hydrogens is 216 g/mol. The maximum Gasteiger partial charge on any atom is 0.0755 e. The summed E-state index contributed by atoms with van der Waals surface area (Å²) in [6, 6.07) is 0. The van der Waals surface area contributed by atoms with E-state index < -0.39 is 0 Å². The second-order valence-electron chi connectivity index (χ2n) is 4.49. The molecule has 0 saturated carbocycles. The van der Waals surface area contributed by atoms with Crippen LogP contribution in [-0.4, -0.2) is 17.0 Å². The van der Waals surface area contributed by atoms with Crippen LogP contribution in [0.2, 0.25) is 0 Å². The van der Waals surface area contributed by atoms with Gasteiger partial charge < -0.3 is 4.74 Å². The molecule has 1 fully saturated rings. The van der Waals surface area contributed by atoms with Gasteiger partial charge in [-0.1, -0.05) is 29.8 Å². The Morgan fingerprint density at radius 1 is 1.58 bits per heavy atom. The SMILES string of the molecule is CC(C)CC1CCC(C)(CBr)O1. The second kappa shape index (κ2) is 4.10. The smallest absolute Gasteiger partial charge is 0.0755 e. The van der Waals surface area contributed by atoms with E-state index in [1.807, 2.05) is 0 Å². The monoisotopic (exact) mass is 234 g/mol. The third kappa shape index (κ3) is 2.74. The molecule has 12 heavy (non-hydrogen) atoms. The van der Waals surface area contributed by atoms with E-state index in [9.17, 15) is 0 Å². The van der Waals surface area contributed by atoms with Crippen molar-refractivity contribution in [2.24, 2.45) is 5.92 Å². The van der Waals surface area contributed by atoms with Crippen molar-refractivity contribution in [1.29, 1.82) is 0 Å². The van der Waals surface area contributed by atoms with Gasteiger partial charge in [0.05, 0.1) is 11.7 Å². The number of ether oxygens (including phenoxy) is 1. The summed E-state index contributed by atoms with van der Waals surface area (Å²) in [6.07, 6.45) is 4.16. The van der Waals surface area contributed by atoms with Gasteiger partial charge >= 0.3 is 0 Å². The third-order valence-corrected chi connectivity index (χ3v) is 3.65. The van der Waals surface area contributed by atoms with E-state index in [-0.39, 0.29) is 5.60 Å². The van der Waals surface area contributed by atoms with E-state index in [0.717, 1.165) is 11.2 Å². The Bertz CT molecular complexity index is 147. The van der Waals surface area contributed by atoms with Gasteiger partial charge in [-0.15, -0.1) is 0 Å². The highest BCUT2D eigenvalue weighted by molar-refractivity contribution is 9.09. The number of halogens is 1. The van der Waals surface area contributed by atoms with Gasteiger partial charge in [-0.2, -0.15) is 0 Å². The lowest BCUT2D eigenvalue weighted by Crippen LogP contribution is -2.27. The van der Waals surface area contributed by atoms with E-state index in [1.54, 1.807) is 0 Å². The molecule has 0 aromatic carbocycles. The molecule has 2 unspecified atom stereocenters. The lowest BCUT2D eigenvalue weighted by molar-refractivity contribution is -0.0188. The van der Waals surface area contributed by atoms with Gasteiger partial charge in [0.2, 0.25) is 0 Å². The Morgan fingerprint density at radius 3 is 2.67 bits per heavy atom. The highest BCUT2D eigenvalue weighted by atomic mass is 79.9. The van der Waals surface area contributed by atoms with Gasteiger partial charge in [0.15, 0.2) is 0 Å². The summed E-state index contributed by atoms with van der Waals surface area (Å²) < 4.78 is 5.96. The Hall–Kier alpha value is 0.440. The summed E-state index contributed by atoms with van der Waals surface area (Å²) >= 11 is 3.50. The van der Waals surface area contributed by atoms with Gasteiger partial charge in [-0.05, 0) is 32.1 Å². The molecule has 72 valence electrons. The lowest BCUT2D eigenvalue weighted by atomic mass is 10.0. The largest absolute Gasteiger partial charge is 0.371 e. The highest BCUT2D eigenvalue weighted by Gasteiger charge is 2.34. The van der Waals surface area contributed by atoms with Crippen molar-refractivity contribution >= 4 is 15.9 Å². The van der Waals surface area contributed by atoms with Gasteiger partial charge in [0.25, 0.3) is 0 Å². The quantitative estimate of drug-likeness (QED) is 0.681. The zero-order chi connectivity index (χ0) is 9.19. The summed E-state index contributed by atoms with van der Waals surface area (Å²) in [7, 11) is 0. The predicted octanol–water partition coefficient (Wildman–Crippen LogP) is 3.37. The first-order chi connectivity index (χ1) is 5.56. The van der Waals surface area contributed by atoms with Crippen molar-refractivity contribution in [3.8, 4) is 0 Å². The molecule has 0 amide bonds. The minimum absolute atomic E-state index is 0.111. The van der Waals surface area contributed by atoms with Crippen molar-refractivity contribution in [3.63, 3.8) is 0 Å². The minimum atomic E-state index is 0.111. The topological polar surface area (TPSA) is 9.23 Å². The Morgan fingerprint density at radius 2 is 2.25 bits per heavy atom. The Kier molecular flexibility index (Phi) is 3.59. The molecule has 0 aliphatic carbocycles. The summed E-state index contributed by atoms with van der Waals surface area (Å²) in [4.78, 5) is 0. The summed E-state index contributed by atoms with van der Waals surface area (Å²) in [5, 5.41) is 0.967. The molecule has 0 aromatic heterocycles. The predicted molar refractivity (Wildman–Crippen MR) is 55.8 cm³/mol. The van der Waals surface area contributed by atoms with Crippen LogP contribution in [-0.2, 0) is 4.74 Å². The van der Waals surface area contributed by atoms with Crippen LogP contribution in [0.15, 0.2) is 0 Å². The standard InChI is InChI=1S/C10H19BrO/c1-8(2)6-9-4-5-10(3,7-11)12-9/h8-9H,4-7H2,1-3H3. The van der Waals surface area contributed by atoms with Gasteiger partial charge in [-0.3, -0.25) is 0 Å². The van der Waals surface area contributed by atoms with Gasteiger partial charge in [0.1, 0.15) is 0 Å². The third-order valence-electron chi connectivity index (χ3n) is 2.46. The Balaban J connectivity index is 2.35. The van der Waals surface area contributed by atoms with Crippen LogP contribution in [0, 0.1) is 5.92 Å². The molecule has 0 radical (unpaired) electrons. The molecule has 2 heteroatoms. The van der Waals surface area contributed by atoms with Crippen LogP contribution in [0.5, 0.6) is 0 Å². The van der Waals surface area contributed by atoms with Crippen LogP contribution in [0.25, 0.3) is 0 Å². The molecule has 1 heterocycles. The number of hydrogen-bond acceptors (Lipinski definition) is 1. The fourth-order valence-electron chi connectivity index (χ4n) is 1.78. The fraction of sp³-hybridized carbons (Fsp3) is 1.00. The van der Waals surface area contributed by atoms with E-state index in [0.29, 0.717) is 6.10 Å². The molecule has 0 N–H and O–H groups in total. The zero-order valence-electron chi connectivity index (χ0n) is 8.27. The summed E-state index contributed by atoms with van der Waals surface area (Å²) in [5.74, 6) is 0.757. The molecule has 1 aliphatic rings. The van der Waals surface area contributed by atoms with Crippen molar-refractivity contribution < 1.29 is 4.74 Å². The maximum atomic E-state index is 5.96. The molecule has 2 atom stereocenters. The highest BCUT2D eigenvalue weighted by Crippen LogP contribution is 2.34. The van der Waals surface area contributed by atoms with Crippen LogP contribution in [0.3, 0.4) is 0 Å². The lowest BCUT2D eigenvalue weighted by Gasteiger charge is -2.22. The minimum Gasteiger partial charge on any atom is -0.371 e. The summed E-state index contributed by atoms with van der Waals surface area (Å²) in [5.41, 5.74) is 0.111. The molecule has 0 bridgehead atoms. The molecule has 1 aliphatic heterocycles. The van der Waals surface area contributed by atoms with Crippen molar-refractivity contribution in [3.05, 3.63) is 0 Å². The first-order valence-corrected chi connectivity index (χ1v) is 5.92. The summed E-state index contributed by atoms with van der Waals surface area (Å²) in [6.45, 7) is 6.71. The van der Waals surface area contributed by atoms with Crippen molar-refractivity contribution in [2.45, 2.75) is 51.7 Å². The first kappa shape index (κ1) is 10.5. The van der Waals surface area contributed by atoms with Gasteiger partial charge in [0, 0.05) is 5.33 Å². The number of hydrogen-bond donors (Lipinski definition) is 0. The number of alkyl halides is 1. The van der Waals surface area contributed by atoms with E-state index in [2.05, 4.69) is 36.7 Å². The molecule has 0 spiro atoms. The molecule has 1 saturated heterocycles. The van der Waals surface area contributed by atoms with E-state index in [4.69, 9.17) is 4.74 Å². The fourth-order valence-corrected chi connectivity index (χ4v) is 2.19. The van der Waals surface area contributed by atoms with E-state index >= 15 is 0 Å². The average Bonchev–Trinajstić information content (AvgIpc) is 2.32. The average molecular weight is 235 g/mol. The normalized spacial score (nSPS) is 36.2.